The van der Waals surface area contributed by atoms with Crippen molar-refractivity contribution in [1.82, 2.24) is 0 Å². The summed E-state index contributed by atoms with van der Waals surface area (Å²) in [7, 11) is 0. The number of hydrogen-bond acceptors (Lipinski definition) is 0. The van der Waals surface area contributed by atoms with Crippen molar-refractivity contribution in [1.29, 1.82) is 0 Å². The monoisotopic (exact) mass is 751 g/mol. The summed E-state index contributed by atoms with van der Waals surface area (Å²) in [4.78, 5) is 0. The number of aryl methyl sites for hydroxylation is 2. The van der Waals surface area contributed by atoms with Gasteiger partial charge in [-0.1, -0.05) is 198 Å². The average molecular weight is 752 g/mol. The molecule has 0 saturated carbocycles. The summed E-state index contributed by atoms with van der Waals surface area (Å²) in [6, 6.07) is 17.7. The van der Waals surface area contributed by atoms with Crippen molar-refractivity contribution in [3.63, 3.8) is 0 Å². The molecule has 2 aromatic carbocycles. The maximum Gasteiger partial charge on any atom is 0.214 e. The number of unbranched alkanes of at least 4 members (excludes halogenated alkanes) is 23. The molecule has 292 valence electrons. The van der Waals surface area contributed by atoms with Crippen molar-refractivity contribution < 1.29 is 21.2 Å². The third-order valence-corrected chi connectivity index (χ3v) is 10.8. The third kappa shape index (κ3) is 18.7. The van der Waals surface area contributed by atoms with Crippen molar-refractivity contribution >= 4 is 11.4 Å². The predicted octanol–water partition coefficient (Wildman–Crippen LogP) is 16.3. The van der Waals surface area contributed by atoms with Crippen LogP contribution >= 0.6 is 0 Å². The van der Waals surface area contributed by atoms with E-state index in [0.29, 0.717) is 0 Å². The van der Waals surface area contributed by atoms with Crippen LogP contribution in [0.5, 0.6) is 0 Å². The Labute approximate surface area is 331 Å². The van der Waals surface area contributed by atoms with Crippen LogP contribution in [0.4, 0.5) is 0 Å². The number of benzene rings is 2. The molecule has 0 atom stereocenters. The molecule has 2 nitrogen and oxygen atoms in total. The fraction of sp³-hybridized carbons (Fsp3) is 0.633. The number of nitrogens with zero attached hydrogens (tertiary/aromatic N) is 2. The van der Waals surface area contributed by atoms with Gasteiger partial charge in [0.05, 0.1) is 5.57 Å². The van der Waals surface area contributed by atoms with Gasteiger partial charge in [-0.05, 0) is 73.9 Å². The van der Waals surface area contributed by atoms with Crippen LogP contribution in [0.2, 0.25) is 0 Å². The molecule has 0 aliphatic carbocycles. The number of rotatable bonds is 31. The second kappa shape index (κ2) is 30.1. The maximum atomic E-state index is 11.7. The molecular formula is C49H76N2Ni. The SMILES string of the molecule is CCCCCCCCCCCCCCCCCCCC=CC1=C(c2cccc(CCCCCC)c2)[N+](=[N-])C(c2cccc(CCCCCC)c2)=C1.[Ni]. The topological polar surface area (TPSA) is 25.3 Å². The quantitative estimate of drug-likeness (QED) is 0.0416. The van der Waals surface area contributed by atoms with Gasteiger partial charge in [0.15, 0.2) is 0 Å². The Morgan fingerprint density at radius 2 is 0.904 bits per heavy atom. The molecular weight excluding hydrogens is 675 g/mol. The molecule has 1 aliphatic rings. The summed E-state index contributed by atoms with van der Waals surface area (Å²) in [6.45, 7) is 6.84. The van der Waals surface area contributed by atoms with E-state index in [1.54, 1.807) is 0 Å². The molecule has 0 amide bonds. The van der Waals surface area contributed by atoms with E-state index >= 15 is 0 Å². The van der Waals surface area contributed by atoms with Gasteiger partial charge in [0, 0.05) is 33.7 Å². The van der Waals surface area contributed by atoms with Crippen LogP contribution in [0, 0.1) is 0 Å². The van der Waals surface area contributed by atoms with Crippen molar-refractivity contribution in [3.8, 4) is 0 Å². The Bertz CT molecular complexity index is 1320. The summed E-state index contributed by atoms with van der Waals surface area (Å²) >= 11 is 0. The van der Waals surface area contributed by atoms with Gasteiger partial charge >= 0.3 is 0 Å². The molecule has 0 spiro atoms. The van der Waals surface area contributed by atoms with Crippen LogP contribution in [0.15, 0.2) is 72.3 Å². The van der Waals surface area contributed by atoms with Crippen molar-refractivity contribution in [2.24, 2.45) is 0 Å². The fourth-order valence-corrected chi connectivity index (χ4v) is 7.61. The molecule has 3 heteroatoms. The van der Waals surface area contributed by atoms with Gasteiger partial charge < -0.3 is 5.53 Å². The molecule has 0 fully saturated rings. The first-order chi connectivity index (χ1) is 25.2. The van der Waals surface area contributed by atoms with E-state index in [1.807, 2.05) is 0 Å². The summed E-state index contributed by atoms with van der Waals surface area (Å²) < 4.78 is 1.46. The Morgan fingerprint density at radius 1 is 0.500 bits per heavy atom. The van der Waals surface area contributed by atoms with E-state index < -0.39 is 0 Å². The Balaban J connectivity index is 0.00000936. The van der Waals surface area contributed by atoms with E-state index in [1.165, 1.54) is 176 Å². The van der Waals surface area contributed by atoms with E-state index in [0.717, 1.165) is 47.4 Å². The largest absolute Gasteiger partial charge is 0.493 e. The predicted molar refractivity (Wildman–Crippen MR) is 225 cm³/mol. The standard InChI is InChI=1S/C49H76N2.Ni/c1-4-7-10-13-14-15-16-17-18-19-20-21-22-23-24-25-26-27-30-37-47-42-48(45-38-31-35-43(40-45)33-28-11-8-5-2)51(50)49(47)46-39-32-36-44(41-46)34-29-12-9-6-3;/h30-32,35-42H,4-29,33-34H2,1-3H3;. The first kappa shape index (κ1) is 45.9. The zero-order chi connectivity index (χ0) is 36.2. The molecule has 0 saturated heterocycles. The minimum Gasteiger partial charge on any atom is -0.493 e. The fourth-order valence-electron chi connectivity index (χ4n) is 7.61. The Morgan fingerprint density at radius 3 is 1.38 bits per heavy atom. The van der Waals surface area contributed by atoms with E-state index in [9.17, 15) is 5.53 Å². The molecule has 1 heterocycles. The molecule has 3 rings (SSSR count). The van der Waals surface area contributed by atoms with Crippen molar-refractivity contribution in [2.75, 3.05) is 0 Å². The molecule has 0 N–H and O–H groups in total. The van der Waals surface area contributed by atoms with Gasteiger partial charge in [0.2, 0.25) is 11.4 Å². The third-order valence-electron chi connectivity index (χ3n) is 10.8. The van der Waals surface area contributed by atoms with Gasteiger partial charge in [0.1, 0.15) is 0 Å². The zero-order valence-corrected chi connectivity index (χ0v) is 34.8. The van der Waals surface area contributed by atoms with Gasteiger partial charge in [-0.3, -0.25) is 0 Å². The minimum absolute atomic E-state index is 0. The number of hydrogen-bond donors (Lipinski definition) is 0. The summed E-state index contributed by atoms with van der Waals surface area (Å²) in [5, 5.41) is 0. The zero-order valence-electron chi connectivity index (χ0n) is 33.9. The normalized spacial score (nSPS) is 13.0. The van der Waals surface area contributed by atoms with Gasteiger partial charge in [0.25, 0.3) is 0 Å². The molecule has 2 aromatic rings. The molecule has 1 aliphatic heterocycles. The van der Waals surface area contributed by atoms with Gasteiger partial charge in [-0.25, -0.2) is 4.70 Å². The van der Waals surface area contributed by atoms with Crippen molar-refractivity contribution in [3.05, 3.63) is 100 Å². The smallest absolute Gasteiger partial charge is 0.214 e. The summed E-state index contributed by atoms with van der Waals surface area (Å²) in [5.41, 5.74) is 19.5. The Hall–Kier alpha value is -2.25. The van der Waals surface area contributed by atoms with E-state index in [4.69, 9.17) is 0 Å². The Kier molecular flexibility index (Phi) is 26.6. The first-order valence-electron chi connectivity index (χ1n) is 22.0. The van der Waals surface area contributed by atoms with Crippen LogP contribution < -0.4 is 0 Å². The van der Waals surface area contributed by atoms with Crippen LogP contribution in [-0.4, -0.2) is 4.70 Å². The number of allylic oxidation sites excluding steroid dienone is 4. The van der Waals surface area contributed by atoms with E-state index in [2.05, 4.69) is 87.5 Å². The van der Waals surface area contributed by atoms with Gasteiger partial charge in [-0.15, -0.1) is 0 Å². The average Bonchev–Trinajstić information content (AvgIpc) is 3.48. The van der Waals surface area contributed by atoms with Crippen LogP contribution in [0.25, 0.3) is 16.9 Å². The summed E-state index contributed by atoms with van der Waals surface area (Å²) in [6.07, 6.45) is 44.1. The van der Waals surface area contributed by atoms with Crippen LogP contribution in [0.3, 0.4) is 0 Å². The molecule has 0 aromatic heterocycles. The summed E-state index contributed by atoms with van der Waals surface area (Å²) in [5.74, 6) is 0. The molecule has 52 heavy (non-hydrogen) atoms. The molecule has 0 unspecified atom stereocenters. The van der Waals surface area contributed by atoms with E-state index in [-0.39, 0.29) is 16.5 Å². The van der Waals surface area contributed by atoms with Gasteiger partial charge in [-0.2, -0.15) is 0 Å². The maximum absolute atomic E-state index is 11.7. The van der Waals surface area contributed by atoms with Crippen molar-refractivity contribution in [2.45, 2.75) is 201 Å². The second-order valence-corrected chi connectivity index (χ2v) is 15.5. The molecule has 0 bridgehead atoms. The first-order valence-corrected chi connectivity index (χ1v) is 22.0. The van der Waals surface area contributed by atoms with Crippen LogP contribution in [0.1, 0.15) is 210 Å². The second-order valence-electron chi connectivity index (χ2n) is 15.5. The van der Waals surface area contributed by atoms with Crippen LogP contribution in [-0.2, 0) is 29.3 Å². The minimum atomic E-state index is 0. The molecule has 0 radical (unpaired) electrons.